The summed E-state index contributed by atoms with van der Waals surface area (Å²) in [5.74, 6) is 1.37. The molecule has 2 atom stereocenters. The molecule has 0 radical (unpaired) electrons. The van der Waals surface area contributed by atoms with Crippen molar-refractivity contribution in [1.29, 1.82) is 0 Å². The van der Waals surface area contributed by atoms with E-state index in [4.69, 9.17) is 0 Å². The predicted octanol–water partition coefficient (Wildman–Crippen LogP) is 2.90. The summed E-state index contributed by atoms with van der Waals surface area (Å²) in [4.78, 5) is 34.9. The Balaban J connectivity index is 1.29. The molecule has 154 valence electrons. The molecule has 1 aliphatic carbocycles. The molecule has 1 amide bonds. The standard InChI is InChI=1S/C22H28N4O2S/c1-14-7-8-17(29-14)11-25-9-15-10-26-13-19(22(28)24-20(26)18(15)12-25)21(27)23-16-5-3-2-4-6-16/h7-8,13,15-16,18H,2-6,9-12H2,1H3,(H,23,27)/t15-,18+/m1/s1. The minimum Gasteiger partial charge on any atom is -0.349 e. The van der Waals surface area contributed by atoms with E-state index in [0.29, 0.717) is 11.8 Å². The summed E-state index contributed by atoms with van der Waals surface area (Å²) in [6.45, 7) is 5.90. The van der Waals surface area contributed by atoms with Crippen LogP contribution in [0.15, 0.2) is 23.1 Å². The molecule has 2 fully saturated rings. The van der Waals surface area contributed by atoms with E-state index in [1.165, 1.54) is 16.2 Å². The van der Waals surface area contributed by atoms with Gasteiger partial charge >= 0.3 is 0 Å². The number of amides is 1. The molecule has 6 nitrogen and oxygen atoms in total. The SMILES string of the molecule is Cc1ccc(CN2C[C@@H]3Cn4cc(C(=O)NC5CCCCC5)c(=O)nc4[C@H]3C2)s1. The lowest BCUT2D eigenvalue weighted by atomic mass is 9.95. The summed E-state index contributed by atoms with van der Waals surface area (Å²) in [7, 11) is 0. The highest BCUT2D eigenvalue weighted by molar-refractivity contribution is 7.11. The van der Waals surface area contributed by atoms with Gasteiger partial charge in [-0.3, -0.25) is 14.5 Å². The van der Waals surface area contributed by atoms with Crippen LogP contribution in [-0.2, 0) is 13.1 Å². The van der Waals surface area contributed by atoms with E-state index in [1.807, 2.05) is 11.3 Å². The fraction of sp³-hybridized carbons (Fsp3) is 0.591. The fourth-order valence-corrected chi connectivity index (χ4v) is 6.16. The highest BCUT2D eigenvalue weighted by Gasteiger charge is 2.41. The molecule has 0 spiro atoms. The zero-order valence-electron chi connectivity index (χ0n) is 16.9. The molecule has 7 heteroatoms. The largest absolute Gasteiger partial charge is 0.349 e. The van der Waals surface area contributed by atoms with Crippen molar-refractivity contribution in [3.8, 4) is 0 Å². The first-order valence-electron chi connectivity index (χ1n) is 10.8. The molecule has 2 aromatic heterocycles. The normalized spacial score (nSPS) is 24.4. The molecule has 29 heavy (non-hydrogen) atoms. The summed E-state index contributed by atoms with van der Waals surface area (Å²) < 4.78 is 2.05. The van der Waals surface area contributed by atoms with E-state index < -0.39 is 0 Å². The highest BCUT2D eigenvalue weighted by atomic mass is 32.1. The molecule has 0 unspecified atom stereocenters. The number of aryl methyl sites for hydroxylation is 1. The Morgan fingerprint density at radius 2 is 2.03 bits per heavy atom. The first-order valence-corrected chi connectivity index (χ1v) is 11.6. The Kier molecular flexibility index (Phi) is 5.04. The van der Waals surface area contributed by atoms with Crippen molar-refractivity contribution >= 4 is 17.2 Å². The molecule has 0 bridgehead atoms. The minimum absolute atomic E-state index is 0.197. The van der Waals surface area contributed by atoms with Gasteiger partial charge in [-0.2, -0.15) is 4.98 Å². The van der Waals surface area contributed by atoms with Crippen LogP contribution in [0.25, 0.3) is 0 Å². The number of likely N-dealkylation sites (tertiary alicyclic amines) is 1. The Bertz CT molecular complexity index is 975. The topological polar surface area (TPSA) is 67.2 Å². The van der Waals surface area contributed by atoms with Gasteiger partial charge in [-0.1, -0.05) is 19.3 Å². The van der Waals surface area contributed by atoms with Gasteiger partial charge in [-0.15, -0.1) is 11.3 Å². The van der Waals surface area contributed by atoms with Gasteiger partial charge in [-0.25, -0.2) is 0 Å². The maximum Gasteiger partial charge on any atom is 0.285 e. The maximum atomic E-state index is 12.7. The maximum absolute atomic E-state index is 12.7. The van der Waals surface area contributed by atoms with E-state index in [0.717, 1.165) is 57.7 Å². The number of hydrogen-bond acceptors (Lipinski definition) is 5. The molecule has 1 N–H and O–H groups in total. The van der Waals surface area contributed by atoms with Crippen molar-refractivity contribution < 1.29 is 4.79 Å². The van der Waals surface area contributed by atoms with Crippen LogP contribution in [0.2, 0.25) is 0 Å². The minimum atomic E-state index is -0.377. The highest BCUT2D eigenvalue weighted by Crippen LogP contribution is 2.38. The summed E-state index contributed by atoms with van der Waals surface area (Å²) in [6.07, 6.45) is 7.31. The second kappa shape index (κ2) is 7.69. The average molecular weight is 413 g/mol. The zero-order valence-corrected chi connectivity index (χ0v) is 17.7. The van der Waals surface area contributed by atoms with Crippen molar-refractivity contribution in [3.05, 3.63) is 49.8 Å². The van der Waals surface area contributed by atoms with E-state index in [2.05, 4.69) is 38.8 Å². The van der Waals surface area contributed by atoms with E-state index in [1.54, 1.807) is 6.20 Å². The summed E-state index contributed by atoms with van der Waals surface area (Å²) in [5.41, 5.74) is -0.178. The van der Waals surface area contributed by atoms with Crippen LogP contribution in [-0.4, -0.2) is 39.5 Å². The molecular weight excluding hydrogens is 384 g/mol. The average Bonchev–Trinajstić information content (AvgIpc) is 3.37. The van der Waals surface area contributed by atoms with Gasteiger partial charge in [0.05, 0.1) is 0 Å². The molecule has 1 saturated heterocycles. The van der Waals surface area contributed by atoms with Gasteiger partial charge in [0.15, 0.2) is 0 Å². The van der Waals surface area contributed by atoms with Gasteiger partial charge in [0.25, 0.3) is 11.5 Å². The zero-order chi connectivity index (χ0) is 20.0. The third-order valence-electron chi connectivity index (χ3n) is 6.67. The van der Waals surface area contributed by atoms with Crippen LogP contribution in [0.3, 0.4) is 0 Å². The first kappa shape index (κ1) is 19.0. The molecule has 0 aromatic carbocycles. The smallest absolute Gasteiger partial charge is 0.285 e. The third-order valence-corrected chi connectivity index (χ3v) is 7.65. The lowest BCUT2D eigenvalue weighted by molar-refractivity contribution is 0.0925. The number of aromatic nitrogens is 2. The number of thiophene rings is 1. The number of nitrogens with one attached hydrogen (secondary N) is 1. The van der Waals surface area contributed by atoms with Crippen molar-refractivity contribution in [2.24, 2.45) is 5.92 Å². The van der Waals surface area contributed by atoms with Crippen LogP contribution in [0.5, 0.6) is 0 Å². The van der Waals surface area contributed by atoms with Crippen LogP contribution >= 0.6 is 11.3 Å². The summed E-state index contributed by atoms with van der Waals surface area (Å²) in [6, 6.07) is 4.58. The molecule has 3 aliphatic rings. The van der Waals surface area contributed by atoms with Crippen LogP contribution < -0.4 is 10.9 Å². The molecular formula is C22H28N4O2S. The molecule has 4 heterocycles. The van der Waals surface area contributed by atoms with Gasteiger partial charge in [-0.05, 0) is 31.9 Å². The number of carbonyl (C=O) groups is 1. The van der Waals surface area contributed by atoms with Gasteiger partial charge < -0.3 is 9.88 Å². The number of fused-ring (bicyclic) bond motifs is 3. The Morgan fingerprint density at radius 1 is 1.21 bits per heavy atom. The van der Waals surface area contributed by atoms with Crippen molar-refractivity contribution in [1.82, 2.24) is 19.8 Å². The fourth-order valence-electron chi connectivity index (χ4n) is 5.22. The predicted molar refractivity (Wildman–Crippen MR) is 113 cm³/mol. The van der Waals surface area contributed by atoms with Crippen LogP contribution in [0.4, 0.5) is 0 Å². The van der Waals surface area contributed by atoms with Gasteiger partial charge in [0.2, 0.25) is 0 Å². The Morgan fingerprint density at radius 3 is 2.79 bits per heavy atom. The van der Waals surface area contributed by atoms with Crippen molar-refractivity contribution in [3.63, 3.8) is 0 Å². The number of hydrogen-bond donors (Lipinski definition) is 1. The van der Waals surface area contributed by atoms with Crippen molar-refractivity contribution in [2.75, 3.05) is 13.1 Å². The van der Waals surface area contributed by atoms with Crippen LogP contribution in [0, 0.1) is 12.8 Å². The quantitative estimate of drug-likeness (QED) is 0.839. The Hall–Kier alpha value is -1.99. The van der Waals surface area contributed by atoms with E-state index >= 15 is 0 Å². The van der Waals surface area contributed by atoms with Crippen LogP contribution in [0.1, 0.15) is 64.0 Å². The second-order valence-corrected chi connectivity index (χ2v) is 10.2. The van der Waals surface area contributed by atoms with Crippen molar-refractivity contribution in [2.45, 2.75) is 64.1 Å². The number of nitrogens with zero attached hydrogens (tertiary/aromatic N) is 3. The molecule has 5 rings (SSSR count). The monoisotopic (exact) mass is 412 g/mol. The number of carbonyl (C=O) groups excluding carboxylic acids is 1. The molecule has 2 aromatic rings. The summed E-state index contributed by atoms with van der Waals surface area (Å²) >= 11 is 1.85. The lowest BCUT2D eigenvalue weighted by Crippen LogP contribution is -2.39. The number of rotatable bonds is 4. The van der Waals surface area contributed by atoms with E-state index in [-0.39, 0.29) is 23.1 Å². The lowest BCUT2D eigenvalue weighted by Gasteiger charge is -2.22. The third kappa shape index (κ3) is 3.78. The summed E-state index contributed by atoms with van der Waals surface area (Å²) in [5, 5.41) is 3.05. The second-order valence-electron chi connectivity index (χ2n) is 8.85. The van der Waals surface area contributed by atoms with E-state index in [9.17, 15) is 9.59 Å². The molecule has 1 saturated carbocycles. The van der Waals surface area contributed by atoms with Gasteiger partial charge in [0, 0.05) is 60.0 Å². The van der Waals surface area contributed by atoms with Gasteiger partial charge in [0.1, 0.15) is 11.4 Å². The molecule has 2 aliphatic heterocycles. The Labute approximate surface area is 175 Å². The first-order chi connectivity index (χ1) is 14.1.